The molecule has 2 heterocycles. The lowest BCUT2D eigenvalue weighted by molar-refractivity contribution is -0.149. The number of hydrogen-bond acceptors (Lipinski definition) is 8. The van der Waals surface area contributed by atoms with Crippen molar-refractivity contribution < 1.29 is 38.1 Å². The van der Waals surface area contributed by atoms with Crippen LogP contribution in [0.1, 0.15) is 69.2 Å². The van der Waals surface area contributed by atoms with Crippen molar-refractivity contribution in [2.45, 2.75) is 80.4 Å². The third-order valence-corrected chi connectivity index (χ3v) is 5.71. The van der Waals surface area contributed by atoms with Crippen LogP contribution in [0.2, 0.25) is 0 Å². The van der Waals surface area contributed by atoms with Gasteiger partial charge in [-0.2, -0.15) is 0 Å². The number of carbonyl (C=O) groups excluding carboxylic acids is 4. The monoisotopic (exact) mass is 514 g/mol. The van der Waals surface area contributed by atoms with Crippen molar-refractivity contribution in [1.29, 1.82) is 0 Å². The van der Waals surface area contributed by atoms with E-state index in [0.717, 1.165) is 0 Å². The highest BCUT2D eigenvalue weighted by Gasteiger charge is 2.40. The van der Waals surface area contributed by atoms with Gasteiger partial charge < -0.3 is 28.7 Å². The molecule has 10 nitrogen and oxygen atoms in total. The van der Waals surface area contributed by atoms with Crippen LogP contribution >= 0.6 is 0 Å². The molecule has 0 aliphatic carbocycles. The van der Waals surface area contributed by atoms with Crippen LogP contribution in [0.4, 0.5) is 9.59 Å². The average molecular weight is 515 g/mol. The molecule has 0 bridgehead atoms. The summed E-state index contributed by atoms with van der Waals surface area (Å²) in [6, 6.07) is 0. The molecule has 0 saturated carbocycles. The zero-order valence-corrected chi connectivity index (χ0v) is 23.7. The first-order valence-electron chi connectivity index (χ1n) is 12.8. The lowest BCUT2D eigenvalue weighted by atomic mass is 9.99. The van der Waals surface area contributed by atoms with Gasteiger partial charge in [-0.05, 0) is 67.2 Å². The van der Waals surface area contributed by atoms with E-state index in [2.05, 4.69) is 0 Å². The Labute approximate surface area is 215 Å². The summed E-state index contributed by atoms with van der Waals surface area (Å²) in [7, 11) is 0. The van der Waals surface area contributed by atoms with Crippen LogP contribution in [-0.4, -0.2) is 84.5 Å². The standard InChI is InChI=1S/2C13H23NO4/c2*1-6-17-11(15)10-8-14(7-9(10)2)12(16)18-13(3,4)5/h2*9-10H,6-8H2,1-5H3/t2*9-,10-/m10/s1. The molecule has 36 heavy (non-hydrogen) atoms. The molecule has 2 rings (SSSR count). The summed E-state index contributed by atoms with van der Waals surface area (Å²) in [6.07, 6.45) is -0.720. The number of ether oxygens (including phenoxy) is 4. The Kier molecular flexibility index (Phi) is 11.5. The van der Waals surface area contributed by atoms with Crippen LogP contribution in [0.25, 0.3) is 0 Å². The normalized spacial score (nSPS) is 23.9. The number of hydrogen-bond donors (Lipinski definition) is 0. The zero-order valence-electron chi connectivity index (χ0n) is 23.7. The fourth-order valence-electron chi connectivity index (χ4n) is 4.00. The second-order valence-electron chi connectivity index (χ2n) is 11.4. The lowest BCUT2D eigenvalue weighted by Crippen LogP contribution is -2.36. The van der Waals surface area contributed by atoms with E-state index >= 15 is 0 Å². The van der Waals surface area contributed by atoms with Crippen molar-refractivity contribution in [2.24, 2.45) is 23.7 Å². The molecular formula is C26H46N2O8. The summed E-state index contributed by atoms with van der Waals surface area (Å²) >= 11 is 0. The maximum absolute atomic E-state index is 11.9. The molecule has 0 aromatic rings. The first kappa shape index (κ1) is 31.5. The summed E-state index contributed by atoms with van der Waals surface area (Å²) < 4.78 is 20.6. The van der Waals surface area contributed by atoms with Crippen molar-refractivity contribution in [3.05, 3.63) is 0 Å². The molecule has 0 N–H and O–H groups in total. The Bertz CT molecular complexity index is 707. The molecule has 2 aliphatic heterocycles. The first-order chi connectivity index (χ1) is 16.5. The van der Waals surface area contributed by atoms with Crippen LogP contribution in [0.5, 0.6) is 0 Å². The van der Waals surface area contributed by atoms with Gasteiger partial charge in [0.1, 0.15) is 11.2 Å². The molecule has 2 aliphatic rings. The van der Waals surface area contributed by atoms with Gasteiger partial charge >= 0.3 is 24.1 Å². The molecular weight excluding hydrogens is 468 g/mol. The predicted molar refractivity (Wildman–Crippen MR) is 134 cm³/mol. The highest BCUT2D eigenvalue weighted by Crippen LogP contribution is 2.27. The summed E-state index contributed by atoms with van der Waals surface area (Å²) in [5.41, 5.74) is -1.02. The van der Waals surface area contributed by atoms with Crippen LogP contribution in [0, 0.1) is 23.7 Å². The van der Waals surface area contributed by atoms with Gasteiger partial charge in [0, 0.05) is 26.2 Å². The minimum atomic E-state index is -0.512. The van der Waals surface area contributed by atoms with E-state index in [-0.39, 0.29) is 47.8 Å². The molecule has 4 atom stereocenters. The number of rotatable bonds is 4. The smallest absolute Gasteiger partial charge is 0.410 e. The summed E-state index contributed by atoms with van der Waals surface area (Å²) in [4.78, 5) is 50.3. The van der Waals surface area contributed by atoms with E-state index in [4.69, 9.17) is 18.9 Å². The van der Waals surface area contributed by atoms with Gasteiger partial charge in [-0.25, -0.2) is 9.59 Å². The molecule has 0 radical (unpaired) electrons. The van der Waals surface area contributed by atoms with Crippen molar-refractivity contribution in [3.8, 4) is 0 Å². The number of likely N-dealkylation sites (tertiary alicyclic amines) is 2. The minimum absolute atomic E-state index is 0.108. The van der Waals surface area contributed by atoms with E-state index in [0.29, 0.717) is 39.4 Å². The number of carbonyl (C=O) groups is 4. The van der Waals surface area contributed by atoms with Crippen LogP contribution < -0.4 is 0 Å². The topological polar surface area (TPSA) is 112 Å². The molecule has 0 unspecified atom stereocenters. The third-order valence-electron chi connectivity index (χ3n) is 5.71. The van der Waals surface area contributed by atoms with E-state index < -0.39 is 11.2 Å². The van der Waals surface area contributed by atoms with Crippen molar-refractivity contribution in [3.63, 3.8) is 0 Å². The molecule has 2 saturated heterocycles. The first-order valence-corrected chi connectivity index (χ1v) is 12.8. The second-order valence-corrected chi connectivity index (χ2v) is 11.4. The Morgan fingerprint density at radius 3 is 1.19 bits per heavy atom. The van der Waals surface area contributed by atoms with E-state index in [1.807, 2.05) is 55.4 Å². The van der Waals surface area contributed by atoms with Gasteiger partial charge in [0.25, 0.3) is 0 Å². The maximum atomic E-state index is 11.9. The summed E-state index contributed by atoms with van der Waals surface area (Å²) in [6.45, 7) is 21.0. The molecule has 208 valence electrons. The molecule has 0 aromatic heterocycles. The van der Waals surface area contributed by atoms with Crippen molar-refractivity contribution in [1.82, 2.24) is 9.80 Å². The van der Waals surface area contributed by atoms with Crippen LogP contribution in [0.15, 0.2) is 0 Å². The van der Waals surface area contributed by atoms with Gasteiger partial charge in [0.15, 0.2) is 0 Å². The SMILES string of the molecule is CCOC(=O)[C@@H]1CN(C(=O)OC(C)(C)C)C[C@H]1C.CCOC(=O)[C@H]1CN(C(=O)OC(C)(C)C)C[C@@H]1C. The van der Waals surface area contributed by atoms with Crippen molar-refractivity contribution >= 4 is 24.1 Å². The molecule has 2 amide bonds. The molecule has 0 aromatic carbocycles. The fraction of sp³-hybridized carbons (Fsp3) is 0.846. The highest BCUT2D eigenvalue weighted by molar-refractivity contribution is 5.77. The van der Waals surface area contributed by atoms with Crippen LogP contribution in [0.3, 0.4) is 0 Å². The van der Waals surface area contributed by atoms with Gasteiger partial charge in [-0.3, -0.25) is 9.59 Å². The average Bonchev–Trinajstić information content (AvgIpc) is 3.29. The predicted octanol–water partition coefficient (Wildman–Crippen LogP) is 4.11. The summed E-state index contributed by atoms with van der Waals surface area (Å²) in [5, 5.41) is 0. The maximum Gasteiger partial charge on any atom is 0.410 e. The highest BCUT2D eigenvalue weighted by atomic mass is 16.6. The zero-order chi connectivity index (χ0) is 27.8. The van der Waals surface area contributed by atoms with Crippen molar-refractivity contribution in [2.75, 3.05) is 39.4 Å². The van der Waals surface area contributed by atoms with Gasteiger partial charge in [-0.1, -0.05) is 13.8 Å². The molecule has 10 heteroatoms. The van der Waals surface area contributed by atoms with E-state index in [9.17, 15) is 19.2 Å². The van der Waals surface area contributed by atoms with E-state index in [1.165, 1.54) is 0 Å². The number of esters is 2. The Balaban J connectivity index is 0.000000360. The van der Waals surface area contributed by atoms with Gasteiger partial charge in [-0.15, -0.1) is 0 Å². The lowest BCUT2D eigenvalue weighted by Gasteiger charge is -2.24. The Morgan fingerprint density at radius 1 is 0.639 bits per heavy atom. The minimum Gasteiger partial charge on any atom is -0.466 e. The fourth-order valence-corrected chi connectivity index (χ4v) is 4.00. The van der Waals surface area contributed by atoms with Gasteiger partial charge in [0.2, 0.25) is 0 Å². The third kappa shape index (κ3) is 10.2. The number of amides is 2. The summed E-state index contributed by atoms with van der Waals surface area (Å²) in [5.74, 6) is -0.713. The van der Waals surface area contributed by atoms with E-state index in [1.54, 1.807) is 23.6 Å². The molecule has 2 fully saturated rings. The second kappa shape index (κ2) is 13.1. The largest absolute Gasteiger partial charge is 0.466 e. The quantitative estimate of drug-likeness (QED) is 0.407. The van der Waals surface area contributed by atoms with Gasteiger partial charge in [0.05, 0.1) is 25.0 Å². The Hall–Kier alpha value is -2.52. The van der Waals surface area contributed by atoms with Crippen LogP contribution in [-0.2, 0) is 28.5 Å². The molecule has 0 spiro atoms. The Morgan fingerprint density at radius 2 is 0.944 bits per heavy atom. The number of nitrogens with zero attached hydrogens (tertiary/aromatic N) is 2.